The molecule has 1 N–H and O–H groups in total. The predicted molar refractivity (Wildman–Crippen MR) is 164 cm³/mol. The summed E-state index contributed by atoms with van der Waals surface area (Å²) in [5.74, 6) is 0.300. The number of benzene rings is 4. The highest BCUT2D eigenvalue weighted by molar-refractivity contribution is 5.93. The van der Waals surface area contributed by atoms with E-state index in [1.165, 1.54) is 24.3 Å². The van der Waals surface area contributed by atoms with E-state index in [0.717, 1.165) is 77.6 Å². The lowest BCUT2D eigenvalue weighted by Crippen LogP contribution is -2.48. The molecule has 1 saturated heterocycles. The molecule has 1 fully saturated rings. The SMILES string of the molecule is Cc1cc(Nc2cccc(OCCN3CCN(C(c4ccc(F)cc4)c4ccc(F)cc4)CC3)c2)c2ccccc2n1. The maximum atomic E-state index is 13.6. The standard InChI is InChI=1S/C35H34F2N4O/c1-25-23-34(32-7-2-3-8-33(32)38-25)39-30-5-4-6-31(24-30)42-22-21-40-17-19-41(20-18-40)35(26-9-13-28(36)14-10-26)27-11-15-29(37)16-12-27/h2-16,23-24,35H,17-22H2,1H3,(H,38,39). The Morgan fingerprint density at radius 1 is 0.786 bits per heavy atom. The van der Waals surface area contributed by atoms with Crippen LogP contribution in [-0.2, 0) is 0 Å². The maximum Gasteiger partial charge on any atom is 0.123 e. The Labute approximate surface area is 245 Å². The molecule has 6 rings (SSSR count). The summed E-state index contributed by atoms with van der Waals surface area (Å²) < 4.78 is 33.4. The fourth-order valence-corrected chi connectivity index (χ4v) is 5.67. The molecule has 0 amide bonds. The molecule has 2 heterocycles. The second-order valence-electron chi connectivity index (χ2n) is 10.7. The van der Waals surface area contributed by atoms with Crippen LogP contribution in [0, 0.1) is 18.6 Å². The van der Waals surface area contributed by atoms with Crippen LogP contribution in [-0.4, -0.2) is 54.1 Å². The van der Waals surface area contributed by atoms with Crippen molar-refractivity contribution in [3.8, 4) is 5.75 Å². The molecule has 7 heteroatoms. The lowest BCUT2D eigenvalue weighted by Gasteiger charge is -2.39. The van der Waals surface area contributed by atoms with E-state index < -0.39 is 0 Å². The Bertz CT molecular complexity index is 1590. The highest BCUT2D eigenvalue weighted by Crippen LogP contribution is 2.31. The fourth-order valence-electron chi connectivity index (χ4n) is 5.67. The summed E-state index contributed by atoms with van der Waals surface area (Å²) in [6, 6.07) is 31.4. The highest BCUT2D eigenvalue weighted by atomic mass is 19.1. The average Bonchev–Trinajstić information content (AvgIpc) is 3.00. The molecule has 0 saturated carbocycles. The molecule has 1 aromatic heterocycles. The molecule has 0 radical (unpaired) electrons. The van der Waals surface area contributed by atoms with E-state index in [2.05, 4.69) is 32.2 Å². The Hall–Kier alpha value is -4.33. The van der Waals surface area contributed by atoms with Crippen LogP contribution in [0.2, 0.25) is 0 Å². The number of rotatable bonds is 9. The number of aromatic nitrogens is 1. The summed E-state index contributed by atoms with van der Waals surface area (Å²) in [6.07, 6.45) is 0. The molecule has 4 aromatic carbocycles. The van der Waals surface area contributed by atoms with Crippen molar-refractivity contribution in [3.05, 3.63) is 132 Å². The number of pyridine rings is 1. The molecule has 0 bridgehead atoms. The molecule has 0 unspecified atom stereocenters. The quantitative estimate of drug-likeness (QED) is 0.203. The molecule has 0 atom stereocenters. The average molecular weight is 565 g/mol. The van der Waals surface area contributed by atoms with Crippen LogP contribution in [0.1, 0.15) is 22.9 Å². The van der Waals surface area contributed by atoms with Gasteiger partial charge in [0.2, 0.25) is 0 Å². The van der Waals surface area contributed by atoms with Gasteiger partial charge in [0.15, 0.2) is 0 Å². The number of aryl methyl sites for hydroxylation is 1. The number of para-hydroxylation sites is 1. The second-order valence-corrected chi connectivity index (χ2v) is 10.7. The topological polar surface area (TPSA) is 40.6 Å². The maximum absolute atomic E-state index is 13.6. The number of halogens is 2. The number of nitrogens with one attached hydrogen (secondary N) is 1. The highest BCUT2D eigenvalue weighted by Gasteiger charge is 2.26. The third-order valence-corrected chi connectivity index (χ3v) is 7.78. The van der Waals surface area contributed by atoms with Crippen LogP contribution in [0.5, 0.6) is 5.75 Å². The van der Waals surface area contributed by atoms with E-state index in [4.69, 9.17) is 4.74 Å². The van der Waals surface area contributed by atoms with E-state index in [1.807, 2.05) is 73.7 Å². The first-order valence-electron chi connectivity index (χ1n) is 14.4. The number of nitrogens with zero attached hydrogens (tertiary/aromatic N) is 3. The number of anilines is 2. The van der Waals surface area contributed by atoms with Crippen molar-refractivity contribution in [2.75, 3.05) is 44.6 Å². The monoisotopic (exact) mass is 564 g/mol. The first-order chi connectivity index (χ1) is 20.5. The van der Waals surface area contributed by atoms with Gasteiger partial charge in [-0.3, -0.25) is 14.8 Å². The number of hydrogen-bond acceptors (Lipinski definition) is 5. The fraction of sp³-hybridized carbons (Fsp3) is 0.229. The Balaban J connectivity index is 1.05. The summed E-state index contributed by atoms with van der Waals surface area (Å²) >= 11 is 0. The van der Waals surface area contributed by atoms with Gasteiger partial charge in [0, 0.05) is 61.2 Å². The van der Waals surface area contributed by atoms with Gasteiger partial charge >= 0.3 is 0 Å². The summed E-state index contributed by atoms with van der Waals surface area (Å²) in [7, 11) is 0. The third-order valence-electron chi connectivity index (χ3n) is 7.78. The minimum absolute atomic E-state index is 0.0545. The van der Waals surface area contributed by atoms with Gasteiger partial charge in [0.25, 0.3) is 0 Å². The molecule has 214 valence electrons. The summed E-state index contributed by atoms with van der Waals surface area (Å²) in [5, 5.41) is 4.62. The summed E-state index contributed by atoms with van der Waals surface area (Å²) in [5.41, 5.74) is 5.92. The minimum Gasteiger partial charge on any atom is -0.492 e. The van der Waals surface area contributed by atoms with Gasteiger partial charge in [-0.05, 0) is 66.6 Å². The van der Waals surface area contributed by atoms with Crippen molar-refractivity contribution in [2.24, 2.45) is 0 Å². The van der Waals surface area contributed by atoms with Crippen molar-refractivity contribution in [1.82, 2.24) is 14.8 Å². The van der Waals surface area contributed by atoms with E-state index >= 15 is 0 Å². The van der Waals surface area contributed by atoms with Crippen molar-refractivity contribution in [3.63, 3.8) is 0 Å². The smallest absolute Gasteiger partial charge is 0.123 e. The van der Waals surface area contributed by atoms with Crippen LogP contribution in [0.4, 0.5) is 20.2 Å². The minimum atomic E-state index is -0.260. The number of piperazine rings is 1. The Morgan fingerprint density at radius 2 is 1.45 bits per heavy atom. The zero-order valence-corrected chi connectivity index (χ0v) is 23.6. The number of hydrogen-bond donors (Lipinski definition) is 1. The lowest BCUT2D eigenvalue weighted by atomic mass is 9.96. The second kappa shape index (κ2) is 12.7. The Kier molecular flexibility index (Phi) is 8.40. The number of ether oxygens (including phenoxy) is 1. The van der Waals surface area contributed by atoms with E-state index in [9.17, 15) is 8.78 Å². The van der Waals surface area contributed by atoms with Gasteiger partial charge in [-0.25, -0.2) is 8.78 Å². The molecular weight excluding hydrogens is 530 g/mol. The molecule has 0 spiro atoms. The van der Waals surface area contributed by atoms with Crippen LogP contribution in [0.15, 0.2) is 103 Å². The molecular formula is C35H34F2N4O. The van der Waals surface area contributed by atoms with Crippen molar-refractivity contribution in [2.45, 2.75) is 13.0 Å². The van der Waals surface area contributed by atoms with Crippen LogP contribution in [0.3, 0.4) is 0 Å². The zero-order valence-electron chi connectivity index (χ0n) is 23.6. The van der Waals surface area contributed by atoms with Crippen molar-refractivity contribution < 1.29 is 13.5 Å². The van der Waals surface area contributed by atoms with Crippen LogP contribution >= 0.6 is 0 Å². The first-order valence-corrected chi connectivity index (χ1v) is 14.4. The molecule has 5 aromatic rings. The van der Waals surface area contributed by atoms with Gasteiger partial charge in [-0.2, -0.15) is 0 Å². The number of fused-ring (bicyclic) bond motifs is 1. The predicted octanol–water partition coefficient (Wildman–Crippen LogP) is 7.35. The first kappa shape index (κ1) is 27.8. The van der Waals surface area contributed by atoms with E-state index in [1.54, 1.807) is 0 Å². The van der Waals surface area contributed by atoms with E-state index in [-0.39, 0.29) is 17.7 Å². The molecule has 42 heavy (non-hydrogen) atoms. The van der Waals surface area contributed by atoms with Gasteiger partial charge in [0.1, 0.15) is 24.0 Å². The van der Waals surface area contributed by atoms with Crippen LogP contribution < -0.4 is 10.1 Å². The van der Waals surface area contributed by atoms with Gasteiger partial charge < -0.3 is 10.1 Å². The third kappa shape index (κ3) is 6.59. The van der Waals surface area contributed by atoms with Gasteiger partial charge in [0.05, 0.1) is 11.6 Å². The van der Waals surface area contributed by atoms with Crippen molar-refractivity contribution in [1.29, 1.82) is 0 Å². The van der Waals surface area contributed by atoms with Gasteiger partial charge in [-0.1, -0.05) is 48.5 Å². The summed E-state index contributed by atoms with van der Waals surface area (Å²) in [4.78, 5) is 9.42. The van der Waals surface area contributed by atoms with Crippen LogP contribution in [0.25, 0.3) is 10.9 Å². The van der Waals surface area contributed by atoms with Gasteiger partial charge in [-0.15, -0.1) is 0 Å². The molecule has 1 aliphatic rings. The molecule has 0 aliphatic carbocycles. The molecule has 1 aliphatic heterocycles. The lowest BCUT2D eigenvalue weighted by molar-refractivity contribution is 0.0977. The molecule has 5 nitrogen and oxygen atoms in total. The Morgan fingerprint density at radius 3 is 2.14 bits per heavy atom. The summed E-state index contributed by atoms with van der Waals surface area (Å²) in [6.45, 7) is 6.87. The normalized spacial score (nSPS) is 14.4. The van der Waals surface area contributed by atoms with Crippen molar-refractivity contribution >= 4 is 22.3 Å². The zero-order chi connectivity index (χ0) is 28.9. The largest absolute Gasteiger partial charge is 0.492 e. The van der Waals surface area contributed by atoms with E-state index in [0.29, 0.717) is 6.61 Å².